The number of ether oxygens (including phenoxy) is 1. The molecule has 0 saturated carbocycles. The minimum Gasteiger partial charge on any atom is -0.379 e. The Morgan fingerprint density at radius 3 is 2.78 bits per heavy atom. The van der Waals surface area contributed by atoms with Crippen molar-refractivity contribution in [1.29, 1.82) is 10.8 Å². The van der Waals surface area contributed by atoms with Crippen LogP contribution in [0.2, 0.25) is 5.02 Å². The molecule has 0 bridgehead atoms. The molecule has 4 rings (SSSR count). The zero-order chi connectivity index (χ0) is 19.0. The highest BCUT2D eigenvalue weighted by atomic mass is 35.5. The van der Waals surface area contributed by atoms with Gasteiger partial charge in [-0.05, 0) is 23.8 Å². The molecule has 1 saturated heterocycles. The van der Waals surface area contributed by atoms with Gasteiger partial charge in [0, 0.05) is 24.4 Å². The van der Waals surface area contributed by atoms with E-state index in [-0.39, 0.29) is 5.41 Å². The number of amidine groups is 1. The fraction of sp³-hybridized carbons (Fsp3) is 0.250. The number of nitrogens with one attached hydrogen (secondary N) is 3. The van der Waals surface area contributed by atoms with Gasteiger partial charge in [-0.3, -0.25) is 10.8 Å². The Balaban J connectivity index is 1.69. The van der Waals surface area contributed by atoms with Gasteiger partial charge in [0.2, 0.25) is 0 Å². The minimum absolute atomic E-state index is 0.242. The molecule has 138 valence electrons. The molecule has 3 N–H and O–H groups in total. The summed E-state index contributed by atoms with van der Waals surface area (Å²) in [5, 5.41) is 16.2. The Bertz CT molecular complexity index is 1020. The second-order valence-electron chi connectivity index (χ2n) is 6.94. The lowest BCUT2D eigenvalue weighted by atomic mass is 9.75. The third-order valence-corrected chi connectivity index (χ3v) is 5.41. The zero-order valence-electron chi connectivity index (χ0n) is 14.9. The maximum Gasteiger partial charge on any atom is 0.138 e. The SMILES string of the molecule is CN(C=N)C(=N)CC1(c2cccc(-c3nc4cccc(Cl)c4[nH]3)c2)COC1. The van der Waals surface area contributed by atoms with E-state index in [4.69, 9.17) is 27.2 Å². The van der Waals surface area contributed by atoms with Crippen LogP contribution in [0.4, 0.5) is 0 Å². The second-order valence-corrected chi connectivity index (χ2v) is 7.34. The number of para-hydroxylation sites is 1. The van der Waals surface area contributed by atoms with Crippen LogP contribution in [0.15, 0.2) is 42.5 Å². The van der Waals surface area contributed by atoms with E-state index < -0.39 is 0 Å². The Kier molecular flexibility index (Phi) is 4.45. The van der Waals surface area contributed by atoms with Crippen LogP contribution in [0.5, 0.6) is 0 Å². The maximum absolute atomic E-state index is 8.24. The fourth-order valence-corrected chi connectivity index (χ4v) is 3.59. The number of aromatic nitrogens is 2. The van der Waals surface area contributed by atoms with E-state index in [1.54, 1.807) is 7.05 Å². The summed E-state index contributed by atoms with van der Waals surface area (Å²) >= 11 is 6.26. The van der Waals surface area contributed by atoms with E-state index in [0.29, 0.717) is 30.5 Å². The van der Waals surface area contributed by atoms with Crippen molar-refractivity contribution in [3.8, 4) is 11.4 Å². The highest BCUT2D eigenvalue weighted by Crippen LogP contribution is 2.38. The van der Waals surface area contributed by atoms with E-state index >= 15 is 0 Å². The van der Waals surface area contributed by atoms with E-state index in [9.17, 15) is 0 Å². The number of hydrogen-bond donors (Lipinski definition) is 3. The number of nitrogens with zero attached hydrogens (tertiary/aromatic N) is 2. The zero-order valence-corrected chi connectivity index (χ0v) is 15.7. The summed E-state index contributed by atoms with van der Waals surface area (Å²) in [6.45, 7) is 1.13. The van der Waals surface area contributed by atoms with Crippen LogP contribution in [0.25, 0.3) is 22.4 Å². The molecule has 3 aromatic rings. The molecule has 0 amide bonds. The molecule has 6 nitrogen and oxygen atoms in total. The van der Waals surface area contributed by atoms with Crippen LogP contribution in [0, 0.1) is 10.8 Å². The van der Waals surface area contributed by atoms with Gasteiger partial charge in [0.05, 0.1) is 35.6 Å². The Labute approximate surface area is 162 Å². The van der Waals surface area contributed by atoms with Crippen LogP contribution in [0.3, 0.4) is 0 Å². The molecule has 0 radical (unpaired) electrons. The summed E-state index contributed by atoms with van der Waals surface area (Å²) in [6.07, 6.45) is 1.68. The van der Waals surface area contributed by atoms with Crippen LogP contribution in [-0.4, -0.2) is 47.3 Å². The number of imidazole rings is 1. The van der Waals surface area contributed by atoms with Crippen LogP contribution >= 0.6 is 11.6 Å². The van der Waals surface area contributed by atoms with Gasteiger partial charge in [-0.25, -0.2) is 4.98 Å². The summed E-state index contributed by atoms with van der Waals surface area (Å²) in [5.74, 6) is 1.16. The average molecular weight is 382 g/mol. The van der Waals surface area contributed by atoms with Gasteiger partial charge in [0.25, 0.3) is 0 Å². The van der Waals surface area contributed by atoms with Gasteiger partial charge in [0.1, 0.15) is 11.7 Å². The number of benzene rings is 2. The molecule has 0 atom stereocenters. The molecule has 2 heterocycles. The smallest absolute Gasteiger partial charge is 0.138 e. The lowest BCUT2D eigenvalue weighted by molar-refractivity contribution is -0.0570. The van der Waals surface area contributed by atoms with Gasteiger partial charge in [-0.15, -0.1) is 0 Å². The standard InChI is InChI=1S/C20H20ClN5O/c1-26(12-22)17(23)9-20(10-27-11-20)14-5-2-4-13(8-14)19-24-16-7-3-6-15(21)18(16)25-19/h2-8,12,22-23H,9-11H2,1H3,(H,24,25). The van der Waals surface area contributed by atoms with Crippen molar-refractivity contribution < 1.29 is 4.74 Å². The molecule has 2 aromatic carbocycles. The van der Waals surface area contributed by atoms with Crippen LogP contribution in [-0.2, 0) is 10.2 Å². The molecule has 0 unspecified atom stereocenters. The van der Waals surface area contributed by atoms with Crippen molar-refractivity contribution in [1.82, 2.24) is 14.9 Å². The fourth-order valence-electron chi connectivity index (χ4n) is 3.37. The first-order valence-corrected chi connectivity index (χ1v) is 9.04. The van der Waals surface area contributed by atoms with Crippen molar-refractivity contribution in [2.24, 2.45) is 0 Å². The quantitative estimate of drug-likeness (QED) is 0.460. The van der Waals surface area contributed by atoms with E-state index in [0.717, 1.165) is 34.3 Å². The highest BCUT2D eigenvalue weighted by Gasteiger charge is 2.41. The van der Waals surface area contributed by atoms with Crippen molar-refractivity contribution in [3.63, 3.8) is 0 Å². The number of halogens is 1. The van der Waals surface area contributed by atoms with Crippen molar-refractivity contribution in [2.75, 3.05) is 20.3 Å². The Morgan fingerprint density at radius 1 is 1.33 bits per heavy atom. The third kappa shape index (κ3) is 3.11. The first kappa shape index (κ1) is 17.7. The lowest BCUT2D eigenvalue weighted by Crippen LogP contribution is -2.49. The lowest BCUT2D eigenvalue weighted by Gasteiger charge is -2.42. The number of rotatable bonds is 5. The monoisotopic (exact) mass is 381 g/mol. The Hall–Kier alpha value is -2.70. The van der Waals surface area contributed by atoms with Gasteiger partial charge in [0.15, 0.2) is 0 Å². The molecule has 0 spiro atoms. The molecule has 1 aliphatic heterocycles. The second kappa shape index (κ2) is 6.79. The minimum atomic E-state index is -0.242. The van der Waals surface area contributed by atoms with Crippen LogP contribution in [0.1, 0.15) is 12.0 Å². The largest absolute Gasteiger partial charge is 0.379 e. The summed E-state index contributed by atoms with van der Waals surface area (Å²) in [5.41, 5.74) is 3.50. The van der Waals surface area contributed by atoms with Gasteiger partial charge >= 0.3 is 0 Å². The summed E-state index contributed by atoms with van der Waals surface area (Å²) in [4.78, 5) is 9.49. The van der Waals surface area contributed by atoms with E-state index in [2.05, 4.69) is 22.1 Å². The first-order valence-electron chi connectivity index (χ1n) is 8.66. The van der Waals surface area contributed by atoms with Gasteiger partial charge in [-0.2, -0.15) is 0 Å². The predicted octanol–water partition coefficient (Wildman–Crippen LogP) is 4.06. The molecular formula is C20H20ClN5O. The topological polar surface area (TPSA) is 88.9 Å². The van der Waals surface area contributed by atoms with Crippen molar-refractivity contribution in [3.05, 3.63) is 53.1 Å². The highest BCUT2D eigenvalue weighted by molar-refractivity contribution is 6.35. The average Bonchev–Trinajstić information content (AvgIpc) is 3.09. The number of H-pyrrole nitrogens is 1. The molecule has 1 fully saturated rings. The van der Waals surface area contributed by atoms with Gasteiger partial charge in [-0.1, -0.05) is 35.9 Å². The van der Waals surface area contributed by atoms with Crippen LogP contribution < -0.4 is 0 Å². The summed E-state index contributed by atoms with van der Waals surface area (Å²) < 4.78 is 5.50. The number of fused-ring (bicyclic) bond motifs is 1. The summed E-state index contributed by atoms with van der Waals surface area (Å²) in [6, 6.07) is 13.8. The molecule has 1 aromatic heterocycles. The molecule has 27 heavy (non-hydrogen) atoms. The maximum atomic E-state index is 8.24. The number of hydrogen-bond acceptors (Lipinski definition) is 4. The number of aromatic amines is 1. The summed E-state index contributed by atoms with van der Waals surface area (Å²) in [7, 11) is 1.72. The predicted molar refractivity (Wildman–Crippen MR) is 108 cm³/mol. The molecular weight excluding hydrogens is 362 g/mol. The Morgan fingerprint density at radius 2 is 2.11 bits per heavy atom. The molecule has 0 aliphatic carbocycles. The van der Waals surface area contributed by atoms with E-state index in [1.807, 2.05) is 30.3 Å². The molecule has 7 heteroatoms. The van der Waals surface area contributed by atoms with Crippen molar-refractivity contribution in [2.45, 2.75) is 11.8 Å². The van der Waals surface area contributed by atoms with E-state index in [1.165, 1.54) is 4.90 Å². The first-order chi connectivity index (χ1) is 13.0. The normalized spacial score (nSPS) is 15.3. The van der Waals surface area contributed by atoms with Crippen molar-refractivity contribution >= 4 is 34.8 Å². The third-order valence-electron chi connectivity index (χ3n) is 5.10. The molecule has 1 aliphatic rings. The van der Waals surface area contributed by atoms with Gasteiger partial charge < -0.3 is 14.6 Å².